The average Bonchev–Trinajstić information content (AvgIpc) is 2.55. The quantitative estimate of drug-likeness (QED) is 0.174. The van der Waals surface area contributed by atoms with Crippen molar-refractivity contribution in [2.75, 3.05) is 13.7 Å². The number of methoxy groups -OCH3 is 1. The lowest BCUT2D eigenvalue weighted by Crippen LogP contribution is -2.53. The molecule has 0 spiro atoms. The van der Waals surface area contributed by atoms with E-state index in [1.807, 2.05) is 0 Å². The summed E-state index contributed by atoms with van der Waals surface area (Å²) in [6.45, 7) is 3.33. The monoisotopic (exact) mass is 391 g/mol. The fourth-order valence-electron chi connectivity index (χ4n) is 1.87. The first-order chi connectivity index (χ1) is 12.5. The van der Waals surface area contributed by atoms with E-state index in [4.69, 9.17) is 14.2 Å². The molecule has 3 atom stereocenters. The van der Waals surface area contributed by atoms with Crippen LogP contribution < -0.4 is 0 Å². The van der Waals surface area contributed by atoms with Crippen molar-refractivity contribution in [2.24, 2.45) is 5.16 Å². The Morgan fingerprint density at radius 3 is 1.67 bits per heavy atom. The van der Waals surface area contributed by atoms with Crippen molar-refractivity contribution in [3.05, 3.63) is 0 Å². The third-order valence-corrected chi connectivity index (χ3v) is 2.80. The standard InChI is InChI=1S/C15H21NO11/c1-7(17)24-6-11(16-22)12(25-8(2)18)13(26-9(3)19)14(15(21)23-5)27-10(4)20/h12-14,22H,6H2,1-5H3/b16-11+/t12-,13+,14-/m1/s1. The van der Waals surface area contributed by atoms with Crippen LogP contribution >= 0.6 is 0 Å². The summed E-state index contributed by atoms with van der Waals surface area (Å²) in [5.74, 6) is -4.70. The molecule has 1 N–H and O–H groups in total. The van der Waals surface area contributed by atoms with Crippen LogP contribution in [-0.2, 0) is 47.7 Å². The summed E-state index contributed by atoms with van der Waals surface area (Å²) in [4.78, 5) is 57.3. The van der Waals surface area contributed by atoms with Gasteiger partial charge in [0, 0.05) is 27.7 Å². The second-order valence-corrected chi connectivity index (χ2v) is 5.03. The van der Waals surface area contributed by atoms with E-state index in [9.17, 15) is 29.2 Å². The Hall–Kier alpha value is -3.18. The van der Waals surface area contributed by atoms with E-state index in [0.29, 0.717) is 0 Å². The minimum Gasteiger partial charge on any atom is -0.466 e. The van der Waals surface area contributed by atoms with Gasteiger partial charge < -0.3 is 28.9 Å². The highest BCUT2D eigenvalue weighted by Crippen LogP contribution is 2.17. The minimum atomic E-state index is -1.87. The molecular formula is C15H21NO11. The van der Waals surface area contributed by atoms with E-state index in [2.05, 4.69) is 14.6 Å². The predicted molar refractivity (Wildman–Crippen MR) is 84.5 cm³/mol. The Bertz CT molecular complexity index is 613. The topological polar surface area (TPSA) is 164 Å². The molecule has 27 heavy (non-hydrogen) atoms. The lowest BCUT2D eigenvalue weighted by molar-refractivity contribution is -0.188. The molecule has 0 aromatic heterocycles. The third kappa shape index (κ3) is 8.65. The van der Waals surface area contributed by atoms with Crippen molar-refractivity contribution in [1.29, 1.82) is 0 Å². The minimum absolute atomic E-state index is 0.493. The van der Waals surface area contributed by atoms with Gasteiger partial charge in [0.2, 0.25) is 6.10 Å². The van der Waals surface area contributed by atoms with Gasteiger partial charge in [0.25, 0.3) is 0 Å². The SMILES string of the molecule is COC(=O)[C@H](OC(C)=O)[C@@H](OC(C)=O)[C@H](OC(C)=O)/C(COC(C)=O)=N/O. The molecule has 0 aromatic rings. The largest absolute Gasteiger partial charge is 0.466 e. The number of hydrogen-bond donors (Lipinski definition) is 1. The number of nitrogens with zero attached hydrogens (tertiary/aromatic N) is 1. The fraction of sp³-hybridized carbons (Fsp3) is 0.600. The maximum absolute atomic E-state index is 12.0. The molecule has 0 aliphatic heterocycles. The molecule has 0 rings (SSSR count). The van der Waals surface area contributed by atoms with Gasteiger partial charge in [-0.25, -0.2) is 4.79 Å². The second-order valence-electron chi connectivity index (χ2n) is 5.03. The molecule has 0 unspecified atom stereocenters. The summed E-state index contributed by atoms with van der Waals surface area (Å²) in [5.41, 5.74) is -0.493. The van der Waals surface area contributed by atoms with Crippen LogP contribution in [0.3, 0.4) is 0 Å². The van der Waals surface area contributed by atoms with Gasteiger partial charge in [-0.1, -0.05) is 5.16 Å². The number of oxime groups is 1. The lowest BCUT2D eigenvalue weighted by Gasteiger charge is -2.30. The number of hydrogen-bond acceptors (Lipinski definition) is 12. The summed E-state index contributed by atoms with van der Waals surface area (Å²) in [6, 6.07) is 0. The summed E-state index contributed by atoms with van der Waals surface area (Å²) in [7, 11) is 0.977. The highest BCUT2D eigenvalue weighted by Gasteiger charge is 2.45. The van der Waals surface area contributed by atoms with E-state index in [1.165, 1.54) is 0 Å². The maximum Gasteiger partial charge on any atom is 0.351 e. The molecule has 0 heterocycles. The average molecular weight is 391 g/mol. The van der Waals surface area contributed by atoms with Gasteiger partial charge >= 0.3 is 29.8 Å². The summed E-state index contributed by atoms with van der Waals surface area (Å²) >= 11 is 0. The predicted octanol–water partition coefficient (Wildman–Crippen LogP) is -0.652. The molecule has 0 aliphatic carbocycles. The van der Waals surface area contributed by atoms with Gasteiger partial charge in [0.1, 0.15) is 12.3 Å². The van der Waals surface area contributed by atoms with Crippen LogP contribution in [-0.4, -0.2) is 72.8 Å². The maximum atomic E-state index is 12.0. The van der Waals surface area contributed by atoms with Crippen LogP contribution in [0.25, 0.3) is 0 Å². The third-order valence-electron chi connectivity index (χ3n) is 2.80. The molecular weight excluding hydrogens is 370 g/mol. The molecule has 0 saturated carbocycles. The smallest absolute Gasteiger partial charge is 0.351 e. The zero-order chi connectivity index (χ0) is 21.1. The number of ether oxygens (including phenoxy) is 5. The number of esters is 5. The molecule has 0 saturated heterocycles. The Labute approximate surface area is 154 Å². The molecule has 0 radical (unpaired) electrons. The first-order valence-electron chi connectivity index (χ1n) is 7.47. The molecule has 0 amide bonds. The Morgan fingerprint density at radius 1 is 0.815 bits per heavy atom. The molecule has 12 heteroatoms. The van der Waals surface area contributed by atoms with Crippen LogP contribution in [0.1, 0.15) is 27.7 Å². The van der Waals surface area contributed by atoms with Crippen LogP contribution in [0.4, 0.5) is 0 Å². The normalized spacial score (nSPS) is 14.2. The van der Waals surface area contributed by atoms with Crippen LogP contribution in [0, 0.1) is 0 Å². The highest BCUT2D eigenvalue weighted by atomic mass is 16.6. The molecule has 152 valence electrons. The van der Waals surface area contributed by atoms with Crippen molar-refractivity contribution in [3.8, 4) is 0 Å². The molecule has 0 bridgehead atoms. The van der Waals surface area contributed by atoms with Gasteiger partial charge in [0.15, 0.2) is 12.2 Å². The van der Waals surface area contributed by atoms with Crippen LogP contribution in [0.5, 0.6) is 0 Å². The fourth-order valence-corrected chi connectivity index (χ4v) is 1.87. The van der Waals surface area contributed by atoms with E-state index in [-0.39, 0.29) is 0 Å². The van der Waals surface area contributed by atoms with E-state index in [1.54, 1.807) is 0 Å². The first-order valence-corrected chi connectivity index (χ1v) is 7.47. The molecule has 0 aliphatic rings. The second kappa shape index (κ2) is 11.4. The van der Waals surface area contributed by atoms with E-state index >= 15 is 0 Å². The Balaban J connectivity index is 6.12. The highest BCUT2D eigenvalue weighted by molar-refractivity contribution is 5.94. The number of carbonyl (C=O) groups is 5. The van der Waals surface area contributed by atoms with Crippen LogP contribution in [0.2, 0.25) is 0 Å². The molecule has 12 nitrogen and oxygen atoms in total. The zero-order valence-corrected chi connectivity index (χ0v) is 15.4. The number of rotatable bonds is 9. The van der Waals surface area contributed by atoms with E-state index < -0.39 is 60.5 Å². The Morgan fingerprint density at radius 2 is 1.30 bits per heavy atom. The van der Waals surface area contributed by atoms with Crippen molar-refractivity contribution >= 4 is 35.6 Å². The van der Waals surface area contributed by atoms with Crippen molar-refractivity contribution < 1.29 is 52.9 Å². The summed E-state index contributed by atoms with van der Waals surface area (Å²) in [5, 5.41) is 12.1. The van der Waals surface area contributed by atoms with Crippen molar-refractivity contribution in [3.63, 3.8) is 0 Å². The number of carbonyl (C=O) groups excluding carboxylic acids is 5. The summed E-state index contributed by atoms with van der Waals surface area (Å²) < 4.78 is 23.9. The lowest BCUT2D eigenvalue weighted by atomic mass is 10.0. The van der Waals surface area contributed by atoms with Crippen molar-refractivity contribution in [1.82, 2.24) is 0 Å². The van der Waals surface area contributed by atoms with Crippen LogP contribution in [0.15, 0.2) is 5.16 Å². The first kappa shape index (κ1) is 23.8. The van der Waals surface area contributed by atoms with Gasteiger partial charge in [0.05, 0.1) is 7.11 Å². The summed E-state index contributed by atoms with van der Waals surface area (Å²) in [6.07, 6.45) is -5.39. The van der Waals surface area contributed by atoms with Gasteiger partial charge in [-0.15, -0.1) is 0 Å². The van der Waals surface area contributed by atoms with Gasteiger partial charge in [-0.3, -0.25) is 19.2 Å². The van der Waals surface area contributed by atoms with Gasteiger partial charge in [-0.05, 0) is 0 Å². The molecule has 0 fully saturated rings. The Kier molecular flexibility index (Phi) is 10.1. The van der Waals surface area contributed by atoms with E-state index in [0.717, 1.165) is 34.8 Å². The molecule has 0 aromatic carbocycles. The van der Waals surface area contributed by atoms with Crippen molar-refractivity contribution in [2.45, 2.75) is 46.0 Å². The zero-order valence-electron chi connectivity index (χ0n) is 15.4. The van der Waals surface area contributed by atoms with Gasteiger partial charge in [-0.2, -0.15) is 0 Å².